The van der Waals surface area contributed by atoms with Crippen molar-refractivity contribution in [1.82, 2.24) is 5.43 Å². The van der Waals surface area contributed by atoms with Crippen LogP contribution in [0.15, 0.2) is 12.1 Å². The molecule has 0 radical (unpaired) electrons. The third kappa shape index (κ3) is 2.56. The Kier molecular flexibility index (Phi) is 3.71. The van der Waals surface area contributed by atoms with Gasteiger partial charge in [0.2, 0.25) is 0 Å². The first-order chi connectivity index (χ1) is 7.31. The topological polar surface area (TPSA) is 56.5 Å². The largest absolute Gasteiger partial charge is 0.376 e. The minimum atomic E-state index is 0.0156. The summed E-state index contributed by atoms with van der Waals surface area (Å²) in [5.41, 5.74) is 2.81. The van der Waals surface area contributed by atoms with Gasteiger partial charge in [0.05, 0.1) is 25.9 Å². The van der Waals surface area contributed by atoms with Gasteiger partial charge in [-0.15, -0.1) is 11.3 Å². The Balaban J connectivity index is 2.08. The molecule has 5 heteroatoms. The summed E-state index contributed by atoms with van der Waals surface area (Å²) >= 11 is 1.74. The maximum Gasteiger partial charge on any atom is 0.102 e. The highest BCUT2D eigenvalue weighted by atomic mass is 32.1. The van der Waals surface area contributed by atoms with Gasteiger partial charge in [0.25, 0.3) is 0 Å². The highest BCUT2D eigenvalue weighted by Gasteiger charge is 2.26. The molecule has 2 unspecified atom stereocenters. The van der Waals surface area contributed by atoms with Crippen molar-refractivity contribution in [3.05, 3.63) is 21.9 Å². The molecule has 1 aromatic heterocycles. The second-order valence-corrected chi connectivity index (χ2v) is 4.90. The van der Waals surface area contributed by atoms with Crippen LogP contribution in [-0.4, -0.2) is 25.9 Å². The monoisotopic (exact) mass is 228 g/mol. The van der Waals surface area contributed by atoms with Crippen molar-refractivity contribution in [3.8, 4) is 0 Å². The van der Waals surface area contributed by atoms with E-state index in [2.05, 4.69) is 24.5 Å². The average molecular weight is 228 g/mol. The molecule has 2 atom stereocenters. The van der Waals surface area contributed by atoms with Gasteiger partial charge in [-0.25, -0.2) is 5.43 Å². The zero-order valence-corrected chi connectivity index (χ0v) is 9.55. The van der Waals surface area contributed by atoms with E-state index in [1.807, 2.05) is 0 Å². The molecule has 4 nitrogen and oxygen atoms in total. The van der Waals surface area contributed by atoms with E-state index >= 15 is 0 Å². The van der Waals surface area contributed by atoms with Gasteiger partial charge in [-0.3, -0.25) is 5.84 Å². The van der Waals surface area contributed by atoms with Crippen LogP contribution >= 0.6 is 11.3 Å². The van der Waals surface area contributed by atoms with Crippen molar-refractivity contribution in [2.75, 3.05) is 19.8 Å². The minimum absolute atomic E-state index is 0.0156. The lowest BCUT2D eigenvalue weighted by Crippen LogP contribution is -2.42. The normalized spacial score (nSPS) is 24.0. The van der Waals surface area contributed by atoms with Crippen LogP contribution in [0.5, 0.6) is 0 Å². The van der Waals surface area contributed by atoms with Crippen LogP contribution < -0.4 is 11.3 Å². The van der Waals surface area contributed by atoms with Crippen molar-refractivity contribution < 1.29 is 9.47 Å². The molecule has 1 aromatic rings. The zero-order chi connectivity index (χ0) is 10.7. The van der Waals surface area contributed by atoms with Gasteiger partial charge in [0, 0.05) is 9.75 Å². The third-order valence-corrected chi connectivity index (χ3v) is 3.54. The van der Waals surface area contributed by atoms with Crippen LogP contribution in [0.4, 0.5) is 0 Å². The highest BCUT2D eigenvalue weighted by molar-refractivity contribution is 7.12. The molecule has 2 heterocycles. The quantitative estimate of drug-likeness (QED) is 0.598. The zero-order valence-electron chi connectivity index (χ0n) is 8.73. The highest BCUT2D eigenvalue weighted by Crippen LogP contribution is 2.27. The van der Waals surface area contributed by atoms with Gasteiger partial charge in [-0.05, 0) is 19.1 Å². The van der Waals surface area contributed by atoms with Gasteiger partial charge < -0.3 is 9.47 Å². The summed E-state index contributed by atoms with van der Waals surface area (Å²) < 4.78 is 11.0. The molecular formula is C10H16N2O2S. The number of ether oxygens (including phenoxy) is 2. The predicted octanol–water partition coefficient (Wildman–Crippen LogP) is 0.976. The Morgan fingerprint density at radius 2 is 2.40 bits per heavy atom. The second kappa shape index (κ2) is 5.05. The standard InChI is InChI=1S/C10H16N2O2S/c1-7-2-3-9(15-7)10(12-11)8-6-13-4-5-14-8/h2-3,8,10,12H,4-6,11H2,1H3. The van der Waals surface area contributed by atoms with Gasteiger partial charge in [-0.2, -0.15) is 0 Å². The molecule has 0 aliphatic carbocycles. The fourth-order valence-electron chi connectivity index (χ4n) is 1.69. The number of nitrogens with two attached hydrogens (primary N) is 1. The van der Waals surface area contributed by atoms with Crippen LogP contribution in [-0.2, 0) is 9.47 Å². The molecule has 2 rings (SSSR count). The van der Waals surface area contributed by atoms with E-state index in [9.17, 15) is 0 Å². The average Bonchev–Trinajstić information content (AvgIpc) is 2.68. The first-order valence-electron chi connectivity index (χ1n) is 5.03. The summed E-state index contributed by atoms with van der Waals surface area (Å²) in [7, 11) is 0. The lowest BCUT2D eigenvalue weighted by molar-refractivity contribution is -0.102. The van der Waals surface area contributed by atoms with E-state index in [4.69, 9.17) is 15.3 Å². The molecule has 3 N–H and O–H groups in total. The van der Waals surface area contributed by atoms with Crippen LogP contribution in [0.25, 0.3) is 0 Å². The van der Waals surface area contributed by atoms with E-state index in [0.717, 1.165) is 0 Å². The van der Waals surface area contributed by atoms with E-state index < -0.39 is 0 Å². The number of hydrogen-bond donors (Lipinski definition) is 2. The molecule has 0 aromatic carbocycles. The fraction of sp³-hybridized carbons (Fsp3) is 0.600. The predicted molar refractivity (Wildman–Crippen MR) is 59.7 cm³/mol. The summed E-state index contributed by atoms with van der Waals surface area (Å²) in [5.74, 6) is 5.57. The third-order valence-electron chi connectivity index (χ3n) is 2.46. The molecule has 1 saturated heterocycles. The molecule has 0 saturated carbocycles. The maximum absolute atomic E-state index is 5.63. The van der Waals surface area contributed by atoms with E-state index in [1.165, 1.54) is 9.75 Å². The number of rotatable bonds is 3. The molecule has 15 heavy (non-hydrogen) atoms. The van der Waals surface area contributed by atoms with Crippen molar-refractivity contribution in [2.24, 2.45) is 5.84 Å². The van der Waals surface area contributed by atoms with Crippen molar-refractivity contribution in [1.29, 1.82) is 0 Å². The molecule has 0 bridgehead atoms. The number of aryl methyl sites for hydroxylation is 1. The van der Waals surface area contributed by atoms with Gasteiger partial charge in [0.1, 0.15) is 6.10 Å². The number of thiophene rings is 1. The summed E-state index contributed by atoms with van der Waals surface area (Å²) in [6, 6.07) is 4.21. The van der Waals surface area contributed by atoms with Gasteiger partial charge >= 0.3 is 0 Å². The Morgan fingerprint density at radius 3 is 2.93 bits per heavy atom. The molecule has 84 valence electrons. The van der Waals surface area contributed by atoms with Crippen LogP contribution in [0, 0.1) is 6.92 Å². The summed E-state index contributed by atoms with van der Waals surface area (Å²) in [6.45, 7) is 4.01. The van der Waals surface area contributed by atoms with E-state index in [-0.39, 0.29) is 12.1 Å². The van der Waals surface area contributed by atoms with Crippen LogP contribution in [0.1, 0.15) is 15.8 Å². The molecule has 0 spiro atoms. The lowest BCUT2D eigenvalue weighted by Gasteiger charge is -2.29. The van der Waals surface area contributed by atoms with Crippen molar-refractivity contribution in [2.45, 2.75) is 19.1 Å². The van der Waals surface area contributed by atoms with Gasteiger partial charge in [0.15, 0.2) is 0 Å². The smallest absolute Gasteiger partial charge is 0.102 e. The Morgan fingerprint density at radius 1 is 1.53 bits per heavy atom. The summed E-state index contributed by atoms with van der Waals surface area (Å²) in [4.78, 5) is 2.48. The fourth-order valence-corrected chi connectivity index (χ4v) is 2.68. The Labute approximate surface area is 93.3 Å². The van der Waals surface area contributed by atoms with Gasteiger partial charge in [-0.1, -0.05) is 0 Å². The molecule has 1 aliphatic rings. The minimum Gasteiger partial charge on any atom is -0.376 e. The summed E-state index contributed by atoms with van der Waals surface area (Å²) in [5, 5.41) is 0. The number of hydrazine groups is 1. The van der Waals surface area contributed by atoms with Crippen LogP contribution in [0.2, 0.25) is 0 Å². The van der Waals surface area contributed by atoms with Crippen LogP contribution in [0.3, 0.4) is 0 Å². The summed E-state index contributed by atoms with van der Waals surface area (Å²) in [6.07, 6.45) is 0.0156. The Hall–Kier alpha value is -0.460. The maximum atomic E-state index is 5.63. The first-order valence-corrected chi connectivity index (χ1v) is 5.84. The second-order valence-electron chi connectivity index (χ2n) is 3.58. The molecule has 0 amide bonds. The van der Waals surface area contributed by atoms with E-state index in [0.29, 0.717) is 19.8 Å². The number of hydrogen-bond acceptors (Lipinski definition) is 5. The molecule has 1 fully saturated rings. The number of nitrogens with one attached hydrogen (secondary N) is 1. The molecule has 1 aliphatic heterocycles. The SMILES string of the molecule is Cc1ccc(C(NN)C2COCCO2)s1. The van der Waals surface area contributed by atoms with Crippen molar-refractivity contribution in [3.63, 3.8) is 0 Å². The molecular weight excluding hydrogens is 212 g/mol. The van der Waals surface area contributed by atoms with E-state index in [1.54, 1.807) is 11.3 Å². The van der Waals surface area contributed by atoms with Crippen molar-refractivity contribution >= 4 is 11.3 Å². The first kappa shape index (κ1) is 11.0. The Bertz CT molecular complexity index is 310. The lowest BCUT2D eigenvalue weighted by atomic mass is 10.1.